The van der Waals surface area contributed by atoms with Crippen molar-refractivity contribution in [3.05, 3.63) is 72.8 Å². The molecule has 1 unspecified atom stereocenters. The lowest BCUT2D eigenvalue weighted by Crippen LogP contribution is -2.27. The summed E-state index contributed by atoms with van der Waals surface area (Å²) < 4.78 is 6.62. The lowest BCUT2D eigenvalue weighted by molar-refractivity contribution is 0.240. The predicted octanol–water partition coefficient (Wildman–Crippen LogP) is 7.94. The average molecular weight is 413 g/mol. The predicted molar refractivity (Wildman–Crippen MR) is 132 cm³/mol. The molecule has 0 amide bonds. The zero-order chi connectivity index (χ0) is 21.0. The molecule has 152 valence electrons. The lowest BCUT2D eigenvalue weighted by atomic mass is 9.92. The Bertz CT molecular complexity index is 1190. The van der Waals surface area contributed by atoms with Crippen LogP contribution in [0.5, 0.6) is 5.75 Å². The van der Waals surface area contributed by atoms with E-state index in [4.69, 9.17) is 4.74 Å². The zero-order valence-corrected chi connectivity index (χ0v) is 19.3. The first kappa shape index (κ1) is 19.6. The van der Waals surface area contributed by atoms with Crippen LogP contribution >= 0.6 is 7.92 Å². The summed E-state index contributed by atoms with van der Waals surface area (Å²) in [5, 5.41) is 6.85. The highest BCUT2D eigenvalue weighted by Gasteiger charge is 2.44. The molecule has 0 fully saturated rings. The van der Waals surface area contributed by atoms with Crippen LogP contribution < -0.4 is 10.0 Å². The number of ether oxygens (including phenoxy) is 1. The second-order valence-electron chi connectivity index (χ2n) is 9.64. The summed E-state index contributed by atoms with van der Waals surface area (Å²) in [6.45, 7) is 11.7. The van der Waals surface area contributed by atoms with Crippen LogP contribution in [0.15, 0.2) is 72.8 Å². The van der Waals surface area contributed by atoms with Gasteiger partial charge in [0, 0.05) is 5.30 Å². The van der Waals surface area contributed by atoms with Crippen molar-refractivity contribution in [1.29, 1.82) is 0 Å². The number of benzene rings is 4. The Morgan fingerprint density at radius 2 is 1.40 bits per heavy atom. The summed E-state index contributed by atoms with van der Waals surface area (Å²) in [6.07, 6.45) is 0. The quantitative estimate of drug-likeness (QED) is 0.240. The molecular formula is C28H29OP. The number of hydrogen-bond donors (Lipinski definition) is 0. The van der Waals surface area contributed by atoms with Crippen LogP contribution in [0.4, 0.5) is 0 Å². The fourth-order valence-electron chi connectivity index (χ4n) is 4.83. The normalized spacial score (nSPS) is 18.7. The smallest absolute Gasteiger partial charge is 0.128 e. The molecule has 30 heavy (non-hydrogen) atoms. The van der Waals surface area contributed by atoms with E-state index < -0.39 is 7.92 Å². The molecule has 0 N–H and O–H groups in total. The van der Waals surface area contributed by atoms with Crippen molar-refractivity contribution in [3.63, 3.8) is 0 Å². The summed E-state index contributed by atoms with van der Waals surface area (Å²) >= 11 is 0. The van der Waals surface area contributed by atoms with Gasteiger partial charge in [0.25, 0.3) is 0 Å². The van der Waals surface area contributed by atoms with Gasteiger partial charge in [-0.1, -0.05) is 95.3 Å². The molecule has 0 aromatic heterocycles. The van der Waals surface area contributed by atoms with Crippen LogP contribution in [0.3, 0.4) is 0 Å². The first-order valence-electron chi connectivity index (χ1n) is 10.9. The Balaban J connectivity index is 1.89. The topological polar surface area (TPSA) is 9.23 Å². The van der Waals surface area contributed by atoms with E-state index >= 15 is 0 Å². The van der Waals surface area contributed by atoms with Crippen LogP contribution in [0.2, 0.25) is 0 Å². The van der Waals surface area contributed by atoms with Crippen LogP contribution in [0.25, 0.3) is 32.7 Å². The van der Waals surface area contributed by atoms with Crippen LogP contribution in [-0.2, 0) is 0 Å². The minimum Gasteiger partial charge on any atom is -0.485 e. The Morgan fingerprint density at radius 1 is 0.800 bits per heavy atom. The summed E-state index contributed by atoms with van der Waals surface area (Å²) in [7, 11) is -0.482. The van der Waals surface area contributed by atoms with Gasteiger partial charge in [0.05, 0.1) is 0 Å². The molecule has 0 saturated carbocycles. The van der Waals surface area contributed by atoms with E-state index in [0.717, 1.165) is 5.75 Å². The third kappa shape index (κ3) is 3.03. The summed E-state index contributed by atoms with van der Waals surface area (Å²) in [6, 6.07) is 26.6. The molecule has 2 heteroatoms. The molecule has 1 aliphatic heterocycles. The van der Waals surface area contributed by atoms with Gasteiger partial charge in [-0.15, -0.1) is 0 Å². The van der Waals surface area contributed by atoms with Gasteiger partial charge < -0.3 is 4.74 Å². The summed E-state index contributed by atoms with van der Waals surface area (Å²) in [5.74, 6) is 1.83. The molecule has 4 aromatic rings. The molecule has 2 atom stereocenters. The molecule has 4 aromatic carbocycles. The van der Waals surface area contributed by atoms with Crippen LogP contribution in [0.1, 0.15) is 34.6 Å². The first-order chi connectivity index (χ1) is 14.4. The van der Waals surface area contributed by atoms with Crippen molar-refractivity contribution in [3.8, 4) is 16.9 Å². The minimum atomic E-state index is -0.482. The third-order valence-corrected chi connectivity index (χ3v) is 9.67. The van der Waals surface area contributed by atoms with Crippen molar-refractivity contribution in [2.45, 2.75) is 45.6 Å². The molecule has 1 nitrogen and oxygen atoms in total. The Kier molecular flexibility index (Phi) is 4.64. The van der Waals surface area contributed by atoms with Gasteiger partial charge in [-0.3, -0.25) is 0 Å². The van der Waals surface area contributed by atoms with E-state index in [0.29, 0.717) is 5.92 Å². The maximum atomic E-state index is 6.62. The Labute approximate surface area is 180 Å². The average Bonchev–Trinajstić information content (AvgIpc) is 3.13. The summed E-state index contributed by atoms with van der Waals surface area (Å²) in [4.78, 5) is 0. The monoisotopic (exact) mass is 412 g/mol. The fraction of sp³-hybridized carbons (Fsp3) is 0.286. The van der Waals surface area contributed by atoms with Gasteiger partial charge in [-0.05, 0) is 63.8 Å². The third-order valence-electron chi connectivity index (χ3n) is 6.08. The highest BCUT2D eigenvalue weighted by Crippen LogP contribution is 2.62. The first-order valence-corrected chi connectivity index (χ1v) is 12.3. The zero-order valence-electron chi connectivity index (χ0n) is 18.4. The molecule has 0 spiro atoms. The maximum absolute atomic E-state index is 6.62. The maximum Gasteiger partial charge on any atom is 0.128 e. The van der Waals surface area contributed by atoms with E-state index in [9.17, 15) is 0 Å². The van der Waals surface area contributed by atoms with Gasteiger partial charge in [0.15, 0.2) is 0 Å². The lowest BCUT2D eigenvalue weighted by Gasteiger charge is -2.34. The number of rotatable bonds is 2. The minimum absolute atomic E-state index is 0.173. The van der Waals surface area contributed by atoms with Gasteiger partial charge in [-0.25, -0.2) is 0 Å². The van der Waals surface area contributed by atoms with E-state index in [1.165, 1.54) is 38.0 Å². The second kappa shape index (κ2) is 7.10. The highest BCUT2D eigenvalue weighted by atomic mass is 31.1. The molecule has 0 bridgehead atoms. The molecule has 0 aliphatic carbocycles. The molecule has 1 heterocycles. The second-order valence-corrected chi connectivity index (χ2v) is 12.7. The standard InChI is InChI=1S/C28H29OP/c1-18(2)27-29-24-16-10-15-23(26(24)30(27)28(3,4)5)25-21-13-8-6-11-19(21)17-20-12-7-9-14-22(20)25/h6-18,27H,1-5H3/t27?,30-/m0/s1. The van der Waals surface area contributed by atoms with Gasteiger partial charge >= 0.3 is 0 Å². The SMILES string of the molecule is CC(C)C1Oc2cccc(-c3c4ccccc4cc4ccccc34)c2[P@]1C(C)(C)C. The van der Waals surface area contributed by atoms with E-state index in [1.807, 2.05) is 0 Å². The molecular weight excluding hydrogens is 383 g/mol. The molecule has 0 saturated heterocycles. The van der Waals surface area contributed by atoms with Gasteiger partial charge in [0.2, 0.25) is 0 Å². The van der Waals surface area contributed by atoms with E-state index in [-0.39, 0.29) is 11.0 Å². The van der Waals surface area contributed by atoms with E-state index in [2.05, 4.69) is 107 Å². The van der Waals surface area contributed by atoms with Crippen molar-refractivity contribution in [1.82, 2.24) is 0 Å². The van der Waals surface area contributed by atoms with Gasteiger partial charge in [-0.2, -0.15) is 0 Å². The number of fused-ring (bicyclic) bond motifs is 3. The van der Waals surface area contributed by atoms with E-state index in [1.54, 1.807) is 0 Å². The molecule has 5 rings (SSSR count). The molecule has 0 radical (unpaired) electrons. The molecule has 1 aliphatic rings. The van der Waals surface area contributed by atoms with Crippen molar-refractivity contribution < 1.29 is 4.74 Å². The Morgan fingerprint density at radius 3 is 1.97 bits per heavy atom. The highest BCUT2D eigenvalue weighted by molar-refractivity contribution is 7.68. The Hall–Kier alpha value is -2.37. The summed E-state index contributed by atoms with van der Waals surface area (Å²) in [5.41, 5.74) is 2.70. The van der Waals surface area contributed by atoms with Crippen molar-refractivity contribution >= 4 is 34.8 Å². The van der Waals surface area contributed by atoms with Crippen LogP contribution in [0, 0.1) is 5.92 Å². The van der Waals surface area contributed by atoms with Crippen LogP contribution in [-0.4, -0.2) is 11.0 Å². The van der Waals surface area contributed by atoms with Gasteiger partial charge in [0.1, 0.15) is 11.6 Å². The number of hydrogen-bond acceptors (Lipinski definition) is 1. The fourth-order valence-corrected chi connectivity index (χ4v) is 8.15. The van der Waals surface area contributed by atoms with Crippen molar-refractivity contribution in [2.75, 3.05) is 0 Å². The van der Waals surface area contributed by atoms with Crippen molar-refractivity contribution in [2.24, 2.45) is 5.92 Å². The largest absolute Gasteiger partial charge is 0.485 e.